The van der Waals surface area contributed by atoms with Gasteiger partial charge in [-0.15, -0.1) is 0 Å². The molecule has 0 unspecified atom stereocenters. The van der Waals surface area contributed by atoms with Crippen LogP contribution in [0.4, 0.5) is 15.3 Å². The van der Waals surface area contributed by atoms with E-state index in [9.17, 15) is 14.4 Å². The Morgan fingerprint density at radius 1 is 1.03 bits per heavy atom. The van der Waals surface area contributed by atoms with Crippen LogP contribution in [-0.4, -0.2) is 44.2 Å². The number of carbonyl (C=O) groups is 2. The summed E-state index contributed by atoms with van der Waals surface area (Å²) < 4.78 is 12.3. The number of carbonyl (C=O) groups excluding carboxylic acids is 2. The molecule has 9 nitrogen and oxygen atoms in total. The maximum Gasteiger partial charge on any atom is 0.424 e. The first-order valence-electron chi connectivity index (χ1n) is 10.7. The van der Waals surface area contributed by atoms with E-state index in [0.29, 0.717) is 20.8 Å². The Bertz CT molecular complexity index is 1320. The summed E-state index contributed by atoms with van der Waals surface area (Å²) in [5.41, 5.74) is -1.77. The van der Waals surface area contributed by atoms with Gasteiger partial charge in [0, 0.05) is 17.3 Å². The number of halogens is 1. The Balaban J connectivity index is 2.34. The fraction of sp³-hybridized carbons (Fsp3) is 0.375. The van der Waals surface area contributed by atoms with Gasteiger partial charge < -0.3 is 9.47 Å². The Kier molecular flexibility index (Phi) is 7.47. The molecule has 2 aromatic heterocycles. The van der Waals surface area contributed by atoms with Gasteiger partial charge in [-0.25, -0.2) is 19.6 Å². The van der Waals surface area contributed by atoms with Gasteiger partial charge in [-0.3, -0.25) is 9.36 Å². The average Bonchev–Trinajstić information content (AvgIpc) is 2.70. The van der Waals surface area contributed by atoms with Gasteiger partial charge in [0.15, 0.2) is 10.8 Å². The fourth-order valence-electron chi connectivity index (χ4n) is 3.11. The molecule has 0 spiro atoms. The predicted octanol–water partition coefficient (Wildman–Crippen LogP) is 5.83. The summed E-state index contributed by atoms with van der Waals surface area (Å²) >= 11 is 7.44. The van der Waals surface area contributed by atoms with Crippen molar-refractivity contribution in [3.63, 3.8) is 0 Å². The van der Waals surface area contributed by atoms with Crippen molar-refractivity contribution in [1.82, 2.24) is 14.5 Å². The monoisotopic (exact) mass is 518 g/mol. The molecule has 11 heteroatoms. The SMILES string of the molecule is CSc1ncc2c(N(C(=O)OC(C)(C)C)C(=O)OC(C)(C)C)cc(=O)n(-c3cccc(Cl)c3)c2n1. The molecule has 0 radical (unpaired) electrons. The molecule has 3 aromatic rings. The molecule has 2 amide bonds. The number of fused-ring (bicyclic) bond motifs is 1. The van der Waals surface area contributed by atoms with Crippen molar-refractivity contribution in [3.8, 4) is 5.69 Å². The Labute approximate surface area is 212 Å². The smallest absolute Gasteiger partial charge is 0.424 e. The minimum atomic E-state index is -0.998. The number of nitrogens with zero attached hydrogens (tertiary/aromatic N) is 4. The first-order valence-corrected chi connectivity index (χ1v) is 12.3. The summed E-state index contributed by atoms with van der Waals surface area (Å²) in [4.78, 5) is 49.3. The zero-order chi connectivity index (χ0) is 26.1. The zero-order valence-corrected chi connectivity index (χ0v) is 22.2. The molecular weight excluding hydrogens is 492 g/mol. The van der Waals surface area contributed by atoms with Crippen LogP contribution in [0.2, 0.25) is 5.02 Å². The lowest BCUT2D eigenvalue weighted by atomic mass is 10.2. The van der Waals surface area contributed by atoms with E-state index in [1.165, 1.54) is 22.5 Å². The highest BCUT2D eigenvalue weighted by Crippen LogP contribution is 2.30. The maximum atomic E-state index is 13.4. The zero-order valence-electron chi connectivity index (χ0n) is 20.6. The van der Waals surface area contributed by atoms with Crippen molar-refractivity contribution in [2.45, 2.75) is 57.9 Å². The molecule has 0 N–H and O–H groups in total. The van der Waals surface area contributed by atoms with E-state index in [4.69, 9.17) is 21.1 Å². The summed E-state index contributed by atoms with van der Waals surface area (Å²) in [5, 5.41) is 1.08. The summed E-state index contributed by atoms with van der Waals surface area (Å²) in [6.07, 6.45) is 1.25. The van der Waals surface area contributed by atoms with Crippen LogP contribution in [0, 0.1) is 0 Å². The molecular formula is C24H27ClN4O5S. The number of aromatic nitrogens is 3. The molecule has 35 heavy (non-hydrogen) atoms. The van der Waals surface area contributed by atoms with E-state index >= 15 is 0 Å². The van der Waals surface area contributed by atoms with Crippen molar-refractivity contribution in [1.29, 1.82) is 0 Å². The van der Waals surface area contributed by atoms with Gasteiger partial charge >= 0.3 is 12.2 Å². The van der Waals surface area contributed by atoms with E-state index in [1.807, 2.05) is 0 Å². The molecule has 186 valence electrons. The number of amides is 2. The number of imide groups is 1. The summed E-state index contributed by atoms with van der Waals surface area (Å²) in [7, 11) is 0. The van der Waals surface area contributed by atoms with Crippen molar-refractivity contribution in [2.75, 3.05) is 11.2 Å². The minimum absolute atomic E-state index is 0.0561. The third kappa shape index (κ3) is 6.32. The molecule has 0 aliphatic rings. The van der Waals surface area contributed by atoms with Gasteiger partial charge in [0.2, 0.25) is 0 Å². The lowest BCUT2D eigenvalue weighted by Gasteiger charge is -2.29. The molecule has 0 aliphatic heterocycles. The van der Waals surface area contributed by atoms with Crippen molar-refractivity contribution in [3.05, 3.63) is 51.9 Å². The molecule has 0 atom stereocenters. The van der Waals surface area contributed by atoms with Crippen LogP contribution < -0.4 is 10.5 Å². The maximum absolute atomic E-state index is 13.4. The number of thioether (sulfide) groups is 1. The number of benzene rings is 1. The topological polar surface area (TPSA) is 104 Å². The number of ether oxygens (including phenoxy) is 2. The Hall–Kier alpha value is -3.11. The number of pyridine rings is 1. The van der Waals surface area contributed by atoms with E-state index in [1.54, 1.807) is 72.1 Å². The van der Waals surface area contributed by atoms with Gasteiger partial charge in [0.1, 0.15) is 11.2 Å². The summed E-state index contributed by atoms with van der Waals surface area (Å²) in [6, 6.07) is 7.85. The predicted molar refractivity (Wildman–Crippen MR) is 137 cm³/mol. The third-order valence-electron chi connectivity index (χ3n) is 4.36. The van der Waals surface area contributed by atoms with Crippen LogP contribution >= 0.6 is 23.4 Å². The molecule has 0 fully saturated rings. The fourth-order valence-corrected chi connectivity index (χ4v) is 3.63. The number of hydrogen-bond donors (Lipinski definition) is 0. The highest BCUT2D eigenvalue weighted by molar-refractivity contribution is 7.98. The largest absolute Gasteiger partial charge is 0.443 e. The van der Waals surface area contributed by atoms with Crippen LogP contribution in [0.15, 0.2) is 46.5 Å². The van der Waals surface area contributed by atoms with E-state index in [0.717, 1.165) is 6.07 Å². The van der Waals surface area contributed by atoms with Crippen LogP contribution in [-0.2, 0) is 9.47 Å². The van der Waals surface area contributed by atoms with Crippen molar-refractivity contribution < 1.29 is 19.1 Å². The van der Waals surface area contributed by atoms with Gasteiger partial charge in [-0.2, -0.15) is 4.90 Å². The number of rotatable bonds is 3. The number of anilines is 1. The molecule has 0 saturated carbocycles. The molecule has 2 heterocycles. The minimum Gasteiger partial charge on any atom is -0.443 e. The lowest BCUT2D eigenvalue weighted by molar-refractivity contribution is 0.0431. The lowest BCUT2D eigenvalue weighted by Crippen LogP contribution is -2.44. The molecule has 3 rings (SSSR count). The Morgan fingerprint density at radius 2 is 1.63 bits per heavy atom. The van der Waals surface area contributed by atoms with E-state index < -0.39 is 28.9 Å². The molecule has 0 bridgehead atoms. The second-order valence-electron chi connectivity index (χ2n) is 9.57. The number of hydrogen-bond acceptors (Lipinski definition) is 8. The standard InChI is InChI=1S/C24H27ClN4O5S/c1-23(2,3)33-21(31)29(22(32)34-24(4,5)6)17-12-18(30)28(15-10-8-9-14(25)11-15)19-16(17)13-26-20(27-19)35-7/h8-13H,1-7H3. The molecule has 0 aliphatic carbocycles. The van der Waals surface area contributed by atoms with Crippen LogP contribution in [0.5, 0.6) is 0 Å². The van der Waals surface area contributed by atoms with Crippen LogP contribution in [0.3, 0.4) is 0 Å². The second-order valence-corrected chi connectivity index (χ2v) is 10.8. The van der Waals surface area contributed by atoms with Gasteiger partial charge in [-0.1, -0.05) is 29.4 Å². The van der Waals surface area contributed by atoms with Crippen LogP contribution in [0.25, 0.3) is 16.7 Å². The normalized spacial score (nSPS) is 11.9. The summed E-state index contributed by atoms with van der Waals surface area (Å²) in [6.45, 7) is 10.0. The van der Waals surface area contributed by atoms with Gasteiger partial charge in [0.05, 0.1) is 16.8 Å². The van der Waals surface area contributed by atoms with Gasteiger partial charge in [-0.05, 0) is 66.0 Å². The van der Waals surface area contributed by atoms with E-state index in [2.05, 4.69) is 9.97 Å². The van der Waals surface area contributed by atoms with Crippen molar-refractivity contribution >= 4 is 52.3 Å². The Morgan fingerprint density at radius 3 is 2.14 bits per heavy atom. The third-order valence-corrected chi connectivity index (χ3v) is 5.15. The first-order chi connectivity index (χ1) is 16.2. The summed E-state index contributed by atoms with van der Waals surface area (Å²) in [5.74, 6) is 0. The first kappa shape index (κ1) is 26.5. The van der Waals surface area contributed by atoms with Gasteiger partial charge in [0.25, 0.3) is 5.56 Å². The quantitative estimate of drug-likeness (QED) is 0.315. The van der Waals surface area contributed by atoms with Crippen molar-refractivity contribution in [2.24, 2.45) is 0 Å². The molecule has 0 saturated heterocycles. The second kappa shape index (κ2) is 9.87. The average molecular weight is 519 g/mol. The van der Waals surface area contributed by atoms with Crippen LogP contribution in [0.1, 0.15) is 41.5 Å². The highest BCUT2D eigenvalue weighted by atomic mass is 35.5. The highest BCUT2D eigenvalue weighted by Gasteiger charge is 2.35. The molecule has 1 aromatic carbocycles. The van der Waals surface area contributed by atoms with E-state index in [-0.39, 0.29) is 16.7 Å².